The number of nitrogens with one attached hydrogen (secondary N) is 1. The van der Waals surface area contributed by atoms with E-state index in [1.165, 1.54) is 0 Å². The molecule has 0 radical (unpaired) electrons. The van der Waals surface area contributed by atoms with E-state index in [1.54, 1.807) is 0 Å². The van der Waals surface area contributed by atoms with E-state index < -0.39 is 0 Å². The van der Waals surface area contributed by atoms with Crippen LogP contribution in [0, 0.1) is 0 Å². The third-order valence-corrected chi connectivity index (χ3v) is 1.06. The first kappa shape index (κ1) is 9.59. The summed E-state index contributed by atoms with van der Waals surface area (Å²) < 4.78 is 0. The Labute approximate surface area is 62.4 Å². The van der Waals surface area contributed by atoms with Crippen molar-refractivity contribution in [2.45, 2.75) is 6.92 Å². The molecule has 3 heteroatoms. The number of rotatable bonds is 5. The molecule has 0 bridgehead atoms. The van der Waals surface area contributed by atoms with Crippen LogP contribution in [0.15, 0.2) is 0 Å². The lowest BCUT2D eigenvalue weighted by molar-refractivity contribution is -0.118. The quantitative estimate of drug-likeness (QED) is 0.576. The van der Waals surface area contributed by atoms with Crippen LogP contribution in [0.25, 0.3) is 0 Å². The zero-order chi connectivity index (χ0) is 7.98. The summed E-state index contributed by atoms with van der Waals surface area (Å²) in [6.07, 6.45) is 0. The van der Waals surface area contributed by atoms with Crippen LogP contribution in [0.4, 0.5) is 0 Å². The Morgan fingerprint density at radius 3 is 2.50 bits per heavy atom. The van der Waals surface area contributed by atoms with E-state index in [0.717, 1.165) is 6.54 Å². The molecule has 1 N–H and O–H groups in total. The lowest BCUT2D eigenvalue weighted by atomic mass is 10.4. The summed E-state index contributed by atoms with van der Waals surface area (Å²) in [6.45, 7) is 3.88. The van der Waals surface area contributed by atoms with Crippen molar-refractivity contribution in [3.8, 4) is 0 Å². The highest BCUT2D eigenvalue weighted by Gasteiger charge is 2.00. The van der Waals surface area contributed by atoms with Crippen molar-refractivity contribution in [3.63, 3.8) is 0 Å². The Hall–Kier alpha value is -0.410. The van der Waals surface area contributed by atoms with Crippen molar-refractivity contribution in [3.05, 3.63) is 0 Å². The van der Waals surface area contributed by atoms with Gasteiger partial charge in [0.25, 0.3) is 0 Å². The molecule has 0 saturated carbocycles. The first-order valence-corrected chi connectivity index (χ1v) is 3.54. The molecule has 0 atom stereocenters. The molecule has 0 aromatic heterocycles. The molecular formula is C7H16N2O. The second kappa shape index (κ2) is 5.38. The van der Waals surface area contributed by atoms with Gasteiger partial charge in [-0.3, -0.25) is 4.79 Å². The summed E-state index contributed by atoms with van der Waals surface area (Å²) in [5, 5.41) is 2.98. The van der Waals surface area contributed by atoms with Gasteiger partial charge in [0.15, 0.2) is 5.78 Å². The van der Waals surface area contributed by atoms with Crippen molar-refractivity contribution in [2.75, 3.05) is 33.7 Å². The largest absolute Gasteiger partial charge is 0.310 e. The fourth-order valence-electron chi connectivity index (χ4n) is 0.673. The monoisotopic (exact) mass is 144 g/mol. The van der Waals surface area contributed by atoms with E-state index in [2.05, 4.69) is 5.32 Å². The number of hydrogen-bond donors (Lipinski definition) is 1. The minimum atomic E-state index is 0.242. The van der Waals surface area contributed by atoms with Gasteiger partial charge < -0.3 is 10.2 Å². The van der Waals surface area contributed by atoms with Gasteiger partial charge in [-0.2, -0.15) is 0 Å². The van der Waals surface area contributed by atoms with Gasteiger partial charge in [-0.25, -0.2) is 0 Å². The minimum Gasteiger partial charge on any atom is -0.310 e. The van der Waals surface area contributed by atoms with E-state index in [9.17, 15) is 4.79 Å². The van der Waals surface area contributed by atoms with Crippen molar-refractivity contribution < 1.29 is 4.79 Å². The van der Waals surface area contributed by atoms with Gasteiger partial charge in [-0.15, -0.1) is 0 Å². The van der Waals surface area contributed by atoms with Crippen LogP contribution in [-0.4, -0.2) is 44.4 Å². The zero-order valence-corrected chi connectivity index (χ0v) is 6.98. The van der Waals surface area contributed by atoms with Crippen LogP contribution in [0.1, 0.15) is 6.92 Å². The smallest absolute Gasteiger partial charge is 0.160 e. The van der Waals surface area contributed by atoms with Gasteiger partial charge in [-0.1, -0.05) is 6.92 Å². The van der Waals surface area contributed by atoms with E-state index in [4.69, 9.17) is 0 Å². The second-order valence-corrected chi connectivity index (χ2v) is 2.56. The molecule has 0 saturated heterocycles. The molecule has 0 unspecified atom stereocenters. The summed E-state index contributed by atoms with van der Waals surface area (Å²) in [4.78, 5) is 12.8. The molecule has 0 rings (SSSR count). The molecule has 0 aromatic carbocycles. The molecule has 0 fully saturated rings. The number of ketones is 1. The molecule has 60 valence electrons. The van der Waals surface area contributed by atoms with Gasteiger partial charge >= 0.3 is 0 Å². The third kappa shape index (κ3) is 5.72. The highest BCUT2D eigenvalue weighted by atomic mass is 16.1. The Balaban J connectivity index is 3.26. The fraction of sp³-hybridized carbons (Fsp3) is 0.857. The van der Waals surface area contributed by atoms with Gasteiger partial charge in [0.05, 0.1) is 13.1 Å². The Morgan fingerprint density at radius 2 is 2.10 bits per heavy atom. The van der Waals surface area contributed by atoms with E-state index >= 15 is 0 Å². The Kier molecular flexibility index (Phi) is 5.16. The van der Waals surface area contributed by atoms with Crippen molar-refractivity contribution in [1.82, 2.24) is 10.2 Å². The zero-order valence-electron chi connectivity index (χ0n) is 6.98. The molecule has 0 heterocycles. The van der Waals surface area contributed by atoms with E-state index in [0.29, 0.717) is 13.1 Å². The molecule has 0 aliphatic carbocycles. The summed E-state index contributed by atoms with van der Waals surface area (Å²) in [5.74, 6) is 0.242. The second-order valence-electron chi connectivity index (χ2n) is 2.56. The van der Waals surface area contributed by atoms with Gasteiger partial charge in [0.1, 0.15) is 0 Å². The topological polar surface area (TPSA) is 32.3 Å². The van der Waals surface area contributed by atoms with Crippen molar-refractivity contribution >= 4 is 5.78 Å². The van der Waals surface area contributed by atoms with Gasteiger partial charge in [0.2, 0.25) is 0 Å². The lowest BCUT2D eigenvalue weighted by Crippen LogP contribution is -2.30. The summed E-state index contributed by atoms with van der Waals surface area (Å²) >= 11 is 0. The summed E-state index contributed by atoms with van der Waals surface area (Å²) in [5.41, 5.74) is 0. The first-order valence-electron chi connectivity index (χ1n) is 3.54. The van der Waals surface area contributed by atoms with Gasteiger partial charge in [-0.05, 0) is 20.6 Å². The maximum absolute atomic E-state index is 10.9. The van der Waals surface area contributed by atoms with Crippen LogP contribution in [0.3, 0.4) is 0 Å². The number of Topliss-reactive ketones (excluding diaryl/α,β-unsaturated/α-hetero) is 1. The molecule has 0 spiro atoms. The van der Waals surface area contributed by atoms with Crippen LogP contribution in [0.2, 0.25) is 0 Å². The van der Waals surface area contributed by atoms with Crippen LogP contribution in [0.5, 0.6) is 0 Å². The number of hydrogen-bond acceptors (Lipinski definition) is 3. The summed E-state index contributed by atoms with van der Waals surface area (Å²) in [6, 6.07) is 0. The normalized spacial score (nSPS) is 10.4. The SMILES string of the molecule is CCNCC(=O)CN(C)C. The predicted molar refractivity (Wildman–Crippen MR) is 42.1 cm³/mol. The molecule has 0 aliphatic rings. The molecule has 3 nitrogen and oxygen atoms in total. The molecule has 0 aliphatic heterocycles. The van der Waals surface area contributed by atoms with E-state index in [1.807, 2.05) is 25.9 Å². The molecule has 0 aromatic rings. The van der Waals surface area contributed by atoms with Crippen LogP contribution >= 0.6 is 0 Å². The maximum atomic E-state index is 10.9. The number of carbonyl (C=O) groups is 1. The number of nitrogens with zero attached hydrogens (tertiary/aromatic N) is 1. The van der Waals surface area contributed by atoms with Crippen molar-refractivity contribution in [1.29, 1.82) is 0 Å². The van der Waals surface area contributed by atoms with Crippen LogP contribution < -0.4 is 5.32 Å². The third-order valence-electron chi connectivity index (χ3n) is 1.06. The number of likely N-dealkylation sites (N-methyl/N-ethyl adjacent to an activating group) is 2. The lowest BCUT2D eigenvalue weighted by Gasteiger charge is -2.07. The minimum absolute atomic E-state index is 0.242. The van der Waals surface area contributed by atoms with Crippen LogP contribution in [-0.2, 0) is 4.79 Å². The first-order chi connectivity index (χ1) is 4.66. The molecular weight excluding hydrogens is 128 g/mol. The average Bonchev–Trinajstić information content (AvgIpc) is 1.82. The standard InChI is InChI=1S/C7H16N2O/c1-4-8-5-7(10)6-9(2)3/h8H,4-6H2,1-3H3. The van der Waals surface area contributed by atoms with E-state index in [-0.39, 0.29) is 5.78 Å². The fourth-order valence-corrected chi connectivity index (χ4v) is 0.673. The molecule has 10 heavy (non-hydrogen) atoms. The summed E-state index contributed by atoms with van der Waals surface area (Å²) in [7, 11) is 3.79. The highest BCUT2D eigenvalue weighted by Crippen LogP contribution is 1.75. The molecule has 0 amide bonds. The number of carbonyl (C=O) groups excluding carboxylic acids is 1. The Morgan fingerprint density at radius 1 is 1.50 bits per heavy atom. The highest BCUT2D eigenvalue weighted by molar-refractivity contribution is 5.82. The average molecular weight is 144 g/mol. The maximum Gasteiger partial charge on any atom is 0.160 e. The van der Waals surface area contributed by atoms with Crippen molar-refractivity contribution in [2.24, 2.45) is 0 Å². The van der Waals surface area contributed by atoms with Gasteiger partial charge in [0, 0.05) is 0 Å². The predicted octanol–water partition coefficient (Wildman–Crippen LogP) is -0.273. The Bertz CT molecular complexity index is 102.